The fourth-order valence-electron chi connectivity index (χ4n) is 1.64. The zero-order valence-corrected chi connectivity index (χ0v) is 11.3. The first-order valence-electron chi connectivity index (χ1n) is 5.12. The van der Waals surface area contributed by atoms with Crippen LogP contribution in [0, 0.1) is 13.8 Å². The smallest absolute Gasteiger partial charge is 0.351 e. The van der Waals surface area contributed by atoms with Crippen LogP contribution >= 0.6 is 7.60 Å². The van der Waals surface area contributed by atoms with Gasteiger partial charge in [-0.2, -0.15) is 0 Å². The molecule has 0 aliphatic carbocycles. The van der Waals surface area contributed by atoms with E-state index in [9.17, 15) is 9.67 Å². The molecule has 1 unspecified atom stereocenters. The lowest BCUT2D eigenvalue weighted by molar-refractivity contribution is 0.266. The third kappa shape index (κ3) is 2.69. The van der Waals surface area contributed by atoms with Crippen molar-refractivity contribution in [3.05, 3.63) is 28.8 Å². The molecule has 1 rings (SSSR count). The second-order valence-corrected chi connectivity index (χ2v) is 6.22. The Morgan fingerprint density at radius 2 is 1.65 bits per heavy atom. The molecule has 0 heterocycles. The number of benzene rings is 1. The van der Waals surface area contributed by atoms with Gasteiger partial charge in [0.25, 0.3) is 0 Å². The summed E-state index contributed by atoms with van der Waals surface area (Å²) in [7, 11) is -0.761. The van der Waals surface area contributed by atoms with Crippen molar-refractivity contribution in [3.63, 3.8) is 0 Å². The number of aromatic hydroxyl groups is 1. The van der Waals surface area contributed by atoms with Crippen molar-refractivity contribution in [2.75, 3.05) is 14.2 Å². The topological polar surface area (TPSA) is 81.8 Å². The minimum absolute atomic E-state index is 0.214. The predicted molar refractivity (Wildman–Crippen MR) is 66.1 cm³/mol. The molecular weight excluding hydrogens is 241 g/mol. The Morgan fingerprint density at radius 1 is 1.24 bits per heavy atom. The second-order valence-electron chi connectivity index (χ2n) is 3.85. The Hall–Kier alpha value is -0.870. The van der Waals surface area contributed by atoms with E-state index in [4.69, 9.17) is 14.8 Å². The fourth-order valence-corrected chi connectivity index (χ4v) is 2.76. The molecule has 1 aromatic carbocycles. The zero-order valence-electron chi connectivity index (χ0n) is 10.4. The second kappa shape index (κ2) is 5.19. The number of nitrogens with two attached hydrogens (primary N) is 1. The van der Waals surface area contributed by atoms with Crippen molar-refractivity contribution in [1.82, 2.24) is 0 Å². The molecule has 3 N–H and O–H groups in total. The standard InChI is InChI=1S/C11H18NO4P/c1-7-5-9(6-8(2)10(7)13)11(12)17(14,15-3)16-4/h5-6,11,13H,12H2,1-4H3. The molecule has 0 aliphatic rings. The number of phenols is 1. The van der Waals surface area contributed by atoms with E-state index in [0.717, 1.165) is 0 Å². The summed E-state index contributed by atoms with van der Waals surface area (Å²) in [5.74, 6) is -0.652. The van der Waals surface area contributed by atoms with Crippen molar-refractivity contribution in [1.29, 1.82) is 0 Å². The van der Waals surface area contributed by atoms with Gasteiger partial charge in [0.2, 0.25) is 0 Å². The van der Waals surface area contributed by atoms with Gasteiger partial charge in [-0.15, -0.1) is 0 Å². The van der Waals surface area contributed by atoms with Gasteiger partial charge < -0.3 is 19.9 Å². The fraction of sp³-hybridized carbons (Fsp3) is 0.455. The molecule has 6 heteroatoms. The van der Waals surface area contributed by atoms with Gasteiger partial charge in [-0.3, -0.25) is 4.57 Å². The summed E-state index contributed by atoms with van der Waals surface area (Å²) in [6.07, 6.45) is 0. The van der Waals surface area contributed by atoms with Crippen LogP contribution in [-0.2, 0) is 13.6 Å². The van der Waals surface area contributed by atoms with Gasteiger partial charge in [-0.05, 0) is 30.5 Å². The Morgan fingerprint density at radius 3 is 2.00 bits per heavy atom. The van der Waals surface area contributed by atoms with Crippen LogP contribution in [0.5, 0.6) is 5.75 Å². The molecule has 0 spiro atoms. The summed E-state index contributed by atoms with van der Waals surface area (Å²) in [6, 6.07) is 3.36. The average molecular weight is 259 g/mol. The molecule has 1 atom stereocenters. The van der Waals surface area contributed by atoms with Crippen LogP contribution in [0.4, 0.5) is 0 Å². The molecule has 0 aliphatic heterocycles. The van der Waals surface area contributed by atoms with Gasteiger partial charge in [0.15, 0.2) is 0 Å². The van der Waals surface area contributed by atoms with Gasteiger partial charge in [0, 0.05) is 14.2 Å². The van der Waals surface area contributed by atoms with E-state index in [1.807, 2.05) is 0 Å². The normalized spacial score (nSPS) is 13.7. The molecule has 0 fully saturated rings. The van der Waals surface area contributed by atoms with Crippen molar-refractivity contribution in [2.45, 2.75) is 19.6 Å². The molecule has 96 valence electrons. The summed E-state index contributed by atoms with van der Waals surface area (Å²) in [4.78, 5) is 0. The van der Waals surface area contributed by atoms with E-state index < -0.39 is 13.4 Å². The van der Waals surface area contributed by atoms with E-state index in [0.29, 0.717) is 16.7 Å². The van der Waals surface area contributed by atoms with Crippen LogP contribution < -0.4 is 5.73 Å². The highest BCUT2D eigenvalue weighted by atomic mass is 31.2. The van der Waals surface area contributed by atoms with E-state index in [2.05, 4.69) is 0 Å². The SMILES string of the molecule is COP(=O)(OC)C(N)c1cc(C)c(O)c(C)c1. The van der Waals surface area contributed by atoms with E-state index in [1.54, 1.807) is 26.0 Å². The first-order valence-corrected chi connectivity index (χ1v) is 6.73. The predicted octanol–water partition coefficient (Wildman–Crippen LogP) is 2.45. The van der Waals surface area contributed by atoms with Gasteiger partial charge in [0.1, 0.15) is 11.5 Å². The first kappa shape index (κ1) is 14.2. The summed E-state index contributed by atoms with van der Waals surface area (Å²) in [5.41, 5.74) is 7.85. The Labute approximate surface area is 101 Å². The lowest BCUT2D eigenvalue weighted by atomic mass is 10.1. The third-order valence-corrected chi connectivity index (χ3v) is 4.70. The molecule has 1 aromatic rings. The van der Waals surface area contributed by atoms with Crippen LogP contribution in [-0.4, -0.2) is 19.3 Å². The van der Waals surface area contributed by atoms with Gasteiger partial charge in [0.05, 0.1) is 0 Å². The van der Waals surface area contributed by atoms with E-state index >= 15 is 0 Å². The molecule has 0 amide bonds. The number of phenolic OH excluding ortho intramolecular Hbond substituents is 1. The maximum atomic E-state index is 12.1. The van der Waals surface area contributed by atoms with Crippen LogP contribution in [0.2, 0.25) is 0 Å². The lowest BCUT2D eigenvalue weighted by Crippen LogP contribution is -2.13. The molecule has 0 saturated heterocycles. The van der Waals surface area contributed by atoms with Crippen LogP contribution in [0.1, 0.15) is 22.5 Å². The van der Waals surface area contributed by atoms with Crippen molar-refractivity contribution in [3.8, 4) is 5.75 Å². The van der Waals surface area contributed by atoms with Gasteiger partial charge in [-0.25, -0.2) is 0 Å². The van der Waals surface area contributed by atoms with Gasteiger partial charge >= 0.3 is 7.60 Å². The number of hydrogen-bond donors (Lipinski definition) is 2. The first-order chi connectivity index (χ1) is 7.85. The summed E-state index contributed by atoms with van der Waals surface area (Å²) in [5, 5.41) is 9.66. The van der Waals surface area contributed by atoms with E-state index in [1.165, 1.54) is 14.2 Å². The van der Waals surface area contributed by atoms with Crippen LogP contribution in [0.15, 0.2) is 12.1 Å². The van der Waals surface area contributed by atoms with E-state index in [-0.39, 0.29) is 5.75 Å². The summed E-state index contributed by atoms with van der Waals surface area (Å²) < 4.78 is 21.8. The maximum absolute atomic E-state index is 12.1. The molecule has 0 saturated carbocycles. The third-order valence-electron chi connectivity index (χ3n) is 2.70. The van der Waals surface area contributed by atoms with Crippen molar-refractivity contribution in [2.24, 2.45) is 5.73 Å². The Bertz CT molecular complexity index is 430. The molecule has 0 radical (unpaired) electrons. The minimum Gasteiger partial charge on any atom is -0.507 e. The number of rotatable bonds is 4. The lowest BCUT2D eigenvalue weighted by Gasteiger charge is -2.22. The zero-order chi connectivity index (χ0) is 13.2. The number of hydrogen-bond acceptors (Lipinski definition) is 5. The van der Waals surface area contributed by atoms with Crippen LogP contribution in [0.3, 0.4) is 0 Å². The maximum Gasteiger partial charge on any atom is 0.351 e. The Kier molecular flexibility index (Phi) is 4.33. The highest BCUT2D eigenvalue weighted by molar-refractivity contribution is 7.54. The van der Waals surface area contributed by atoms with Gasteiger partial charge in [-0.1, -0.05) is 12.1 Å². The van der Waals surface area contributed by atoms with Crippen LogP contribution in [0.25, 0.3) is 0 Å². The number of aryl methyl sites for hydroxylation is 2. The highest BCUT2D eigenvalue weighted by Gasteiger charge is 2.32. The summed E-state index contributed by atoms with van der Waals surface area (Å²) in [6.45, 7) is 3.51. The minimum atomic E-state index is -3.35. The molecule has 0 aromatic heterocycles. The quantitative estimate of drug-likeness (QED) is 0.811. The molecular formula is C11H18NO4P. The largest absolute Gasteiger partial charge is 0.507 e. The molecule has 5 nitrogen and oxygen atoms in total. The van der Waals surface area contributed by atoms with Crippen molar-refractivity contribution >= 4 is 7.60 Å². The molecule has 0 bridgehead atoms. The van der Waals surface area contributed by atoms with Crippen molar-refractivity contribution < 1.29 is 18.7 Å². The monoisotopic (exact) mass is 259 g/mol. The summed E-state index contributed by atoms with van der Waals surface area (Å²) >= 11 is 0. The Balaban J connectivity index is 3.22. The average Bonchev–Trinajstić information content (AvgIpc) is 2.33. The molecule has 17 heavy (non-hydrogen) atoms. The highest BCUT2D eigenvalue weighted by Crippen LogP contribution is 2.57.